The van der Waals surface area contributed by atoms with E-state index in [1.165, 1.54) is 0 Å². The topological polar surface area (TPSA) is 9.23 Å². The number of methoxy groups -OCH3 is 1. The van der Waals surface area contributed by atoms with E-state index in [-0.39, 0.29) is 5.41 Å². The number of ether oxygens (including phenoxy) is 1. The number of hydrogen-bond acceptors (Lipinski definition) is 1. The Balaban J connectivity index is 3.21. The molecule has 0 spiro atoms. The van der Waals surface area contributed by atoms with E-state index in [4.69, 9.17) is 11.2 Å². The molecule has 74 valence electrons. The van der Waals surface area contributed by atoms with E-state index in [0.717, 1.165) is 16.9 Å². The molecule has 0 N–H and O–H groups in total. The Morgan fingerprint density at radius 2 is 2.00 bits per heavy atom. The molecule has 0 amide bonds. The monoisotopic (exact) mass is 188 g/mol. The fourth-order valence-corrected chi connectivity index (χ4v) is 1.29. The highest BCUT2D eigenvalue weighted by molar-refractivity contribution is 5.42. The van der Waals surface area contributed by atoms with Crippen LogP contribution in [-0.2, 0) is 5.41 Å². The molecule has 14 heavy (non-hydrogen) atoms. The molecular formula is C13H16O. The molecule has 0 heterocycles. The first-order valence-electron chi connectivity index (χ1n) is 4.64. The summed E-state index contributed by atoms with van der Waals surface area (Å²) in [7, 11) is 1.68. The summed E-state index contributed by atoms with van der Waals surface area (Å²) in [6.45, 7) is 6.07. The fraction of sp³-hybridized carbons (Fsp3) is 0.385. The van der Waals surface area contributed by atoms with Crippen LogP contribution in [0.2, 0.25) is 0 Å². The average Bonchev–Trinajstić information content (AvgIpc) is 2.18. The predicted octanol–water partition coefficient (Wildman–Crippen LogP) is 2.91. The van der Waals surface area contributed by atoms with E-state index in [9.17, 15) is 0 Å². The molecule has 0 radical (unpaired) electrons. The first kappa shape index (κ1) is 10.7. The van der Waals surface area contributed by atoms with E-state index in [2.05, 4.69) is 12.0 Å². The van der Waals surface area contributed by atoms with Gasteiger partial charge in [-0.05, 0) is 38.0 Å². The lowest BCUT2D eigenvalue weighted by atomic mass is 9.85. The van der Waals surface area contributed by atoms with Crippen LogP contribution in [0.4, 0.5) is 0 Å². The van der Waals surface area contributed by atoms with Gasteiger partial charge in [-0.2, -0.15) is 0 Å². The minimum absolute atomic E-state index is 0.235. The van der Waals surface area contributed by atoms with E-state index < -0.39 is 0 Å². The lowest BCUT2D eigenvalue weighted by molar-refractivity contribution is 0.410. The molecular weight excluding hydrogens is 172 g/mol. The van der Waals surface area contributed by atoms with Gasteiger partial charge in [0.05, 0.1) is 12.5 Å². The number of rotatable bonds is 2. The average molecular weight is 188 g/mol. The van der Waals surface area contributed by atoms with Crippen LogP contribution in [-0.4, -0.2) is 7.11 Å². The van der Waals surface area contributed by atoms with Crippen LogP contribution in [0.5, 0.6) is 5.75 Å². The lowest BCUT2D eigenvalue weighted by Crippen LogP contribution is -2.13. The molecule has 0 unspecified atom stereocenters. The van der Waals surface area contributed by atoms with Crippen LogP contribution < -0.4 is 4.74 Å². The number of terminal acetylenes is 1. The summed E-state index contributed by atoms with van der Waals surface area (Å²) < 4.78 is 5.26. The van der Waals surface area contributed by atoms with Crippen molar-refractivity contribution in [3.8, 4) is 18.1 Å². The first-order valence-corrected chi connectivity index (χ1v) is 4.64. The second-order valence-corrected chi connectivity index (χ2v) is 3.95. The lowest BCUT2D eigenvalue weighted by Gasteiger charge is -2.19. The Morgan fingerprint density at radius 1 is 1.36 bits per heavy atom. The number of aryl methyl sites for hydroxylation is 1. The molecule has 0 bridgehead atoms. The van der Waals surface area contributed by atoms with Crippen molar-refractivity contribution in [1.29, 1.82) is 0 Å². The molecule has 1 aromatic rings. The molecule has 0 aliphatic heterocycles. The van der Waals surface area contributed by atoms with E-state index in [1.54, 1.807) is 7.11 Å². The van der Waals surface area contributed by atoms with Crippen LogP contribution in [0.3, 0.4) is 0 Å². The van der Waals surface area contributed by atoms with Crippen molar-refractivity contribution in [1.82, 2.24) is 0 Å². The summed E-state index contributed by atoms with van der Waals surface area (Å²) in [6.07, 6.45) is 5.48. The maximum atomic E-state index is 5.48. The van der Waals surface area contributed by atoms with Gasteiger partial charge >= 0.3 is 0 Å². The van der Waals surface area contributed by atoms with Gasteiger partial charge in [0, 0.05) is 0 Å². The van der Waals surface area contributed by atoms with Crippen molar-refractivity contribution in [2.75, 3.05) is 7.11 Å². The van der Waals surface area contributed by atoms with Crippen molar-refractivity contribution >= 4 is 0 Å². The second-order valence-electron chi connectivity index (χ2n) is 3.95. The van der Waals surface area contributed by atoms with E-state index in [1.807, 2.05) is 32.9 Å². The summed E-state index contributed by atoms with van der Waals surface area (Å²) >= 11 is 0. The smallest absolute Gasteiger partial charge is 0.122 e. The minimum Gasteiger partial charge on any atom is -0.496 e. The highest BCUT2D eigenvalue weighted by Gasteiger charge is 2.17. The van der Waals surface area contributed by atoms with Gasteiger partial charge < -0.3 is 4.74 Å². The molecule has 0 aliphatic rings. The third-order valence-electron chi connectivity index (χ3n) is 2.49. The van der Waals surface area contributed by atoms with Crippen molar-refractivity contribution in [3.63, 3.8) is 0 Å². The Kier molecular flexibility index (Phi) is 2.86. The Hall–Kier alpha value is -1.42. The molecule has 1 heteroatoms. The first-order chi connectivity index (χ1) is 6.51. The highest BCUT2D eigenvalue weighted by Crippen LogP contribution is 2.27. The molecule has 0 aliphatic carbocycles. The van der Waals surface area contributed by atoms with Gasteiger partial charge in [-0.1, -0.05) is 18.1 Å². The highest BCUT2D eigenvalue weighted by atomic mass is 16.5. The van der Waals surface area contributed by atoms with Crippen LogP contribution in [0.25, 0.3) is 0 Å². The van der Waals surface area contributed by atoms with Gasteiger partial charge in [0.25, 0.3) is 0 Å². The minimum atomic E-state index is -0.235. The molecule has 1 rings (SSSR count). The van der Waals surface area contributed by atoms with E-state index >= 15 is 0 Å². The molecule has 0 saturated heterocycles. The van der Waals surface area contributed by atoms with Gasteiger partial charge in [0.15, 0.2) is 0 Å². The molecule has 0 fully saturated rings. The normalized spacial score (nSPS) is 10.8. The van der Waals surface area contributed by atoms with Crippen LogP contribution >= 0.6 is 0 Å². The molecule has 0 aromatic heterocycles. The zero-order valence-corrected chi connectivity index (χ0v) is 9.22. The van der Waals surface area contributed by atoms with Crippen molar-refractivity contribution in [3.05, 3.63) is 29.3 Å². The third kappa shape index (κ3) is 1.90. The Morgan fingerprint density at radius 3 is 2.50 bits per heavy atom. The van der Waals surface area contributed by atoms with Crippen LogP contribution in [0.15, 0.2) is 18.2 Å². The summed E-state index contributed by atoms with van der Waals surface area (Å²) in [6, 6.07) is 6.10. The van der Waals surface area contributed by atoms with Gasteiger partial charge in [0.2, 0.25) is 0 Å². The second kappa shape index (κ2) is 3.75. The largest absolute Gasteiger partial charge is 0.496 e. The van der Waals surface area contributed by atoms with Crippen molar-refractivity contribution < 1.29 is 4.74 Å². The Labute approximate surface area is 86.1 Å². The number of benzene rings is 1. The van der Waals surface area contributed by atoms with Gasteiger partial charge in [0.1, 0.15) is 5.75 Å². The van der Waals surface area contributed by atoms with E-state index in [0.29, 0.717) is 0 Å². The van der Waals surface area contributed by atoms with Gasteiger partial charge in [-0.25, -0.2) is 0 Å². The Bertz CT molecular complexity index is 369. The maximum Gasteiger partial charge on any atom is 0.122 e. The molecule has 1 aromatic carbocycles. The zero-order chi connectivity index (χ0) is 10.8. The fourth-order valence-electron chi connectivity index (χ4n) is 1.29. The summed E-state index contributed by atoms with van der Waals surface area (Å²) in [5.74, 6) is 3.67. The third-order valence-corrected chi connectivity index (χ3v) is 2.49. The number of hydrogen-bond donors (Lipinski definition) is 0. The molecule has 0 saturated carbocycles. The van der Waals surface area contributed by atoms with Gasteiger partial charge in [-0.3, -0.25) is 0 Å². The molecule has 0 atom stereocenters. The van der Waals surface area contributed by atoms with Crippen molar-refractivity contribution in [2.45, 2.75) is 26.2 Å². The summed E-state index contributed by atoms with van der Waals surface area (Å²) in [5, 5.41) is 0. The van der Waals surface area contributed by atoms with Crippen LogP contribution in [0, 0.1) is 19.3 Å². The predicted molar refractivity (Wildman–Crippen MR) is 59.6 cm³/mol. The van der Waals surface area contributed by atoms with Crippen molar-refractivity contribution in [2.24, 2.45) is 0 Å². The van der Waals surface area contributed by atoms with Crippen LogP contribution in [0.1, 0.15) is 25.0 Å². The summed E-state index contributed by atoms with van der Waals surface area (Å²) in [4.78, 5) is 0. The zero-order valence-electron chi connectivity index (χ0n) is 9.22. The summed E-state index contributed by atoms with van der Waals surface area (Å²) in [5.41, 5.74) is 2.01. The maximum absolute atomic E-state index is 5.48. The molecule has 1 nitrogen and oxygen atoms in total. The standard InChI is InChI=1S/C13H16O/c1-6-13(3,4)11-8-7-10(2)12(9-11)14-5/h1,7-9H,2-5H3. The quantitative estimate of drug-likeness (QED) is 0.648. The SMILES string of the molecule is C#CC(C)(C)c1ccc(C)c(OC)c1. The van der Waals surface area contributed by atoms with Gasteiger partial charge in [-0.15, -0.1) is 6.42 Å².